The molecule has 2 rings (SSSR count). The molecule has 3 nitrogen and oxygen atoms in total. The van der Waals surface area contributed by atoms with Crippen LogP contribution in [0.25, 0.3) is 0 Å². The van der Waals surface area contributed by atoms with Crippen molar-refractivity contribution in [2.45, 2.75) is 45.2 Å². The van der Waals surface area contributed by atoms with E-state index in [2.05, 4.69) is 17.1 Å². The van der Waals surface area contributed by atoms with Crippen molar-refractivity contribution in [1.82, 2.24) is 5.32 Å². The number of nitrogens with one attached hydrogen (secondary N) is 1. The van der Waals surface area contributed by atoms with Gasteiger partial charge >= 0.3 is 0 Å². The first-order chi connectivity index (χ1) is 10.3. The predicted octanol–water partition coefficient (Wildman–Crippen LogP) is 3.33. The summed E-state index contributed by atoms with van der Waals surface area (Å²) in [6, 6.07) is 5.77. The van der Waals surface area contributed by atoms with E-state index in [-0.39, 0.29) is 5.82 Å². The molecule has 0 bridgehead atoms. The molecule has 21 heavy (non-hydrogen) atoms. The van der Waals surface area contributed by atoms with E-state index in [9.17, 15) is 4.39 Å². The highest BCUT2D eigenvalue weighted by Gasteiger charge is 2.23. The van der Waals surface area contributed by atoms with Crippen LogP contribution in [-0.2, 0) is 11.3 Å². The summed E-state index contributed by atoms with van der Waals surface area (Å²) < 4.78 is 18.6. The molecule has 1 fully saturated rings. The number of methoxy groups -OCH3 is 1. The van der Waals surface area contributed by atoms with E-state index >= 15 is 0 Å². The number of nitrogens with zero attached hydrogens (tertiary/aromatic N) is 1. The highest BCUT2D eigenvalue weighted by molar-refractivity contribution is 5.55. The van der Waals surface area contributed by atoms with Crippen molar-refractivity contribution in [2.75, 3.05) is 31.7 Å². The third-order valence-corrected chi connectivity index (χ3v) is 4.25. The Morgan fingerprint density at radius 3 is 3.00 bits per heavy atom. The van der Waals surface area contributed by atoms with Crippen LogP contribution in [0.5, 0.6) is 0 Å². The summed E-state index contributed by atoms with van der Waals surface area (Å²) in [6.45, 7) is 5.46. The minimum atomic E-state index is -0.160. The summed E-state index contributed by atoms with van der Waals surface area (Å²) in [6.07, 6.45) is 4.92. The maximum Gasteiger partial charge on any atom is 0.123 e. The van der Waals surface area contributed by atoms with Crippen LogP contribution >= 0.6 is 0 Å². The Balaban J connectivity index is 2.13. The average molecular weight is 294 g/mol. The van der Waals surface area contributed by atoms with Crippen molar-refractivity contribution in [3.8, 4) is 0 Å². The fraction of sp³-hybridized carbons (Fsp3) is 0.647. The van der Waals surface area contributed by atoms with Crippen LogP contribution < -0.4 is 10.2 Å². The lowest BCUT2D eigenvalue weighted by molar-refractivity contribution is 0.199. The van der Waals surface area contributed by atoms with Gasteiger partial charge in [-0.15, -0.1) is 0 Å². The standard InChI is InChI=1S/C17H27FN2O/c1-3-16-6-4-5-10-20(16)17-8-7-15(18)12-14(17)13-19-9-11-21-2/h7-8,12,16,19H,3-6,9-11,13H2,1-2H3. The molecule has 0 amide bonds. The third kappa shape index (κ3) is 4.42. The number of benzene rings is 1. The first kappa shape index (κ1) is 16.2. The number of halogens is 1. The van der Waals surface area contributed by atoms with Gasteiger partial charge in [0.1, 0.15) is 5.82 Å². The fourth-order valence-corrected chi connectivity index (χ4v) is 3.12. The van der Waals surface area contributed by atoms with Crippen LogP contribution in [0.2, 0.25) is 0 Å². The Kier molecular flexibility index (Phi) is 6.46. The lowest BCUT2D eigenvalue weighted by atomic mass is 9.98. The Labute approximate surface area is 127 Å². The largest absolute Gasteiger partial charge is 0.383 e. The highest BCUT2D eigenvalue weighted by atomic mass is 19.1. The second-order valence-corrected chi connectivity index (χ2v) is 5.69. The topological polar surface area (TPSA) is 24.5 Å². The summed E-state index contributed by atoms with van der Waals surface area (Å²) in [5, 5.41) is 3.32. The molecule has 1 atom stereocenters. The van der Waals surface area contributed by atoms with Crippen molar-refractivity contribution in [1.29, 1.82) is 0 Å². The van der Waals surface area contributed by atoms with E-state index < -0.39 is 0 Å². The summed E-state index contributed by atoms with van der Waals surface area (Å²) >= 11 is 0. The highest BCUT2D eigenvalue weighted by Crippen LogP contribution is 2.29. The number of hydrogen-bond acceptors (Lipinski definition) is 3. The molecule has 1 saturated heterocycles. The Bertz CT molecular complexity index is 439. The van der Waals surface area contributed by atoms with E-state index in [4.69, 9.17) is 4.74 Å². The number of rotatable bonds is 7. The zero-order valence-electron chi connectivity index (χ0n) is 13.2. The molecular weight excluding hydrogens is 267 g/mol. The molecule has 0 aromatic heterocycles. The molecule has 0 radical (unpaired) electrons. The molecule has 1 aliphatic heterocycles. The van der Waals surface area contributed by atoms with Gasteiger partial charge in [-0.3, -0.25) is 0 Å². The lowest BCUT2D eigenvalue weighted by Gasteiger charge is -2.38. The zero-order chi connectivity index (χ0) is 15.1. The van der Waals surface area contributed by atoms with Gasteiger partial charge in [-0.05, 0) is 49.4 Å². The van der Waals surface area contributed by atoms with Crippen LogP contribution in [0.1, 0.15) is 38.2 Å². The predicted molar refractivity (Wildman–Crippen MR) is 85.3 cm³/mol. The van der Waals surface area contributed by atoms with Crippen molar-refractivity contribution in [2.24, 2.45) is 0 Å². The molecule has 1 aromatic rings. The molecule has 4 heteroatoms. The maximum atomic E-state index is 13.6. The molecule has 1 heterocycles. The monoisotopic (exact) mass is 294 g/mol. The first-order valence-electron chi connectivity index (χ1n) is 8.01. The van der Waals surface area contributed by atoms with E-state index in [1.54, 1.807) is 19.2 Å². The SMILES string of the molecule is CCC1CCCCN1c1ccc(F)cc1CNCCOC. The third-order valence-electron chi connectivity index (χ3n) is 4.25. The van der Waals surface area contributed by atoms with Gasteiger partial charge in [0, 0.05) is 38.5 Å². The minimum Gasteiger partial charge on any atom is -0.383 e. The molecule has 1 aromatic carbocycles. The van der Waals surface area contributed by atoms with Gasteiger partial charge < -0.3 is 15.0 Å². The summed E-state index contributed by atoms with van der Waals surface area (Å²) in [4.78, 5) is 2.47. The van der Waals surface area contributed by atoms with Gasteiger partial charge in [0.05, 0.1) is 6.61 Å². The zero-order valence-corrected chi connectivity index (χ0v) is 13.2. The van der Waals surface area contributed by atoms with Crippen molar-refractivity contribution < 1.29 is 9.13 Å². The van der Waals surface area contributed by atoms with Gasteiger partial charge in [-0.2, -0.15) is 0 Å². The summed E-state index contributed by atoms with van der Waals surface area (Å²) in [7, 11) is 1.69. The van der Waals surface area contributed by atoms with Crippen LogP contribution in [0, 0.1) is 5.82 Å². The molecule has 0 aliphatic carbocycles. The lowest BCUT2D eigenvalue weighted by Crippen LogP contribution is -2.40. The maximum absolute atomic E-state index is 13.6. The molecule has 1 unspecified atom stereocenters. The Hall–Kier alpha value is -1.13. The first-order valence-corrected chi connectivity index (χ1v) is 8.01. The normalized spacial score (nSPS) is 19.0. The van der Waals surface area contributed by atoms with Crippen LogP contribution in [-0.4, -0.2) is 32.8 Å². The smallest absolute Gasteiger partial charge is 0.123 e. The fourth-order valence-electron chi connectivity index (χ4n) is 3.12. The van der Waals surface area contributed by atoms with Gasteiger partial charge in [0.25, 0.3) is 0 Å². The van der Waals surface area contributed by atoms with Gasteiger partial charge in [0.15, 0.2) is 0 Å². The molecule has 0 saturated carbocycles. The molecule has 1 N–H and O–H groups in total. The number of hydrogen-bond donors (Lipinski definition) is 1. The van der Waals surface area contributed by atoms with Crippen molar-refractivity contribution in [3.63, 3.8) is 0 Å². The Morgan fingerprint density at radius 2 is 2.24 bits per heavy atom. The molecule has 118 valence electrons. The average Bonchev–Trinajstić information content (AvgIpc) is 2.52. The molecule has 0 spiro atoms. The number of anilines is 1. The van der Waals surface area contributed by atoms with Gasteiger partial charge in [0.2, 0.25) is 0 Å². The second kappa shape index (κ2) is 8.35. The second-order valence-electron chi connectivity index (χ2n) is 5.69. The van der Waals surface area contributed by atoms with Crippen LogP contribution in [0.15, 0.2) is 18.2 Å². The molecular formula is C17H27FN2O. The van der Waals surface area contributed by atoms with Crippen LogP contribution in [0.3, 0.4) is 0 Å². The Morgan fingerprint density at radius 1 is 1.38 bits per heavy atom. The summed E-state index contributed by atoms with van der Waals surface area (Å²) in [5.41, 5.74) is 2.24. The number of ether oxygens (including phenoxy) is 1. The van der Waals surface area contributed by atoms with Crippen molar-refractivity contribution in [3.05, 3.63) is 29.6 Å². The van der Waals surface area contributed by atoms with Gasteiger partial charge in [-0.25, -0.2) is 4.39 Å². The molecule has 1 aliphatic rings. The van der Waals surface area contributed by atoms with Gasteiger partial charge in [-0.1, -0.05) is 6.92 Å². The van der Waals surface area contributed by atoms with E-state index in [0.717, 1.165) is 25.1 Å². The van der Waals surface area contributed by atoms with E-state index in [0.29, 0.717) is 19.2 Å². The quantitative estimate of drug-likeness (QED) is 0.781. The van der Waals surface area contributed by atoms with E-state index in [1.807, 2.05) is 6.07 Å². The minimum absolute atomic E-state index is 0.160. The van der Waals surface area contributed by atoms with Crippen molar-refractivity contribution >= 4 is 5.69 Å². The summed E-state index contributed by atoms with van der Waals surface area (Å²) in [5.74, 6) is -0.160. The van der Waals surface area contributed by atoms with Crippen LogP contribution in [0.4, 0.5) is 10.1 Å². The van der Waals surface area contributed by atoms with E-state index in [1.165, 1.54) is 24.9 Å². The number of piperidine rings is 1.